The van der Waals surface area contributed by atoms with Crippen LogP contribution in [0.2, 0.25) is 0 Å². The zero-order valence-electron chi connectivity index (χ0n) is 22.3. The van der Waals surface area contributed by atoms with Gasteiger partial charge >= 0.3 is 7.84 Å². The zero-order valence-corrected chi connectivity index (χ0v) is 23.1. The first kappa shape index (κ1) is 22.3. The molecule has 7 aromatic rings. The van der Waals surface area contributed by atoms with Crippen LogP contribution >= 0.6 is 7.84 Å². The van der Waals surface area contributed by atoms with E-state index < -0.39 is 13.3 Å². The van der Waals surface area contributed by atoms with Crippen LogP contribution in [0.15, 0.2) is 133 Å². The number of pyridine rings is 2. The largest absolute Gasteiger partial charge is 0.448 e. The number of rotatable bonds is 2. The lowest BCUT2D eigenvalue weighted by Gasteiger charge is -2.29. The molecule has 1 atom stereocenters. The van der Waals surface area contributed by atoms with Gasteiger partial charge in [0.1, 0.15) is 5.12 Å². The van der Waals surface area contributed by atoms with Crippen LogP contribution < -0.4 is 8.50 Å². The third kappa shape index (κ3) is 2.56. The molecule has 2 nitrogen and oxygen atoms in total. The van der Waals surface area contributed by atoms with Crippen LogP contribution in [0.5, 0.6) is 0 Å². The minimum atomic E-state index is -0.874. The van der Waals surface area contributed by atoms with Crippen LogP contribution in [-0.4, -0.2) is 0 Å². The molecular formula is C37H27N2P+2. The molecule has 0 fully saturated rings. The summed E-state index contributed by atoms with van der Waals surface area (Å²) in [6.07, 6.45) is 1.00. The summed E-state index contributed by atoms with van der Waals surface area (Å²) in [5.41, 5.74) is 13.1. The molecule has 40 heavy (non-hydrogen) atoms. The summed E-state index contributed by atoms with van der Waals surface area (Å²) in [4.78, 5) is 0. The molecule has 4 aromatic carbocycles. The second-order valence-electron chi connectivity index (χ2n) is 10.9. The van der Waals surface area contributed by atoms with E-state index in [2.05, 4.69) is 149 Å². The van der Waals surface area contributed by atoms with Gasteiger partial charge in [-0.1, -0.05) is 94.3 Å². The predicted octanol–water partition coefficient (Wildman–Crippen LogP) is 8.07. The van der Waals surface area contributed by atoms with Gasteiger partial charge in [0, 0.05) is 24.3 Å². The Morgan fingerprint density at radius 2 is 1.20 bits per heavy atom. The molecule has 0 amide bonds. The molecule has 2 aliphatic rings. The minimum absolute atomic E-state index is 0.415. The Kier molecular flexibility index (Phi) is 4.47. The summed E-state index contributed by atoms with van der Waals surface area (Å²) in [6, 6.07) is 50.2. The van der Waals surface area contributed by atoms with Crippen LogP contribution in [-0.2, 0) is 11.8 Å². The van der Waals surface area contributed by atoms with Crippen LogP contribution in [0.4, 0.5) is 0 Å². The number of aromatic nitrogens is 2. The van der Waals surface area contributed by atoms with E-state index in [9.17, 15) is 0 Å². The van der Waals surface area contributed by atoms with Crippen molar-refractivity contribution in [2.75, 3.05) is 0 Å². The Morgan fingerprint density at radius 1 is 0.575 bits per heavy atom. The van der Waals surface area contributed by atoms with Gasteiger partial charge in [0.25, 0.3) is 0 Å². The number of nitrogens with zero attached hydrogens (tertiary/aromatic N) is 2. The molecule has 0 saturated carbocycles. The van der Waals surface area contributed by atoms with E-state index in [0.29, 0.717) is 0 Å². The quantitative estimate of drug-likeness (QED) is 0.214. The maximum absolute atomic E-state index is 2.73. The smallest absolute Gasteiger partial charge is 0.0976 e. The minimum Gasteiger partial charge on any atom is -0.0976 e. The lowest BCUT2D eigenvalue weighted by atomic mass is 9.72. The summed E-state index contributed by atoms with van der Waals surface area (Å²) in [5.74, 6) is 0. The first-order valence-corrected chi connectivity index (χ1v) is 15.4. The average molecular weight is 531 g/mol. The van der Waals surface area contributed by atoms with E-state index in [1.807, 2.05) is 0 Å². The lowest BCUT2D eigenvalue weighted by Crippen LogP contribution is -2.55. The van der Waals surface area contributed by atoms with E-state index in [0.717, 1.165) is 6.42 Å². The Balaban J connectivity index is 1.58. The third-order valence-electron chi connectivity index (χ3n) is 9.10. The molecular weight excluding hydrogens is 503 g/mol. The standard InChI is InChI=1S/C37H27N2P/c1-2-25-13-3-4-14-26(25)32-20-11-23-35-37(30-18-8-5-15-27(30)28-16-6-9-19-31(28)37)36-24-12-21-33-29-17-7-10-22-34(29)40(38(32)35)39(33)36/h3-24H,2H2,1H3/q+2. The maximum atomic E-state index is 2.73. The summed E-state index contributed by atoms with van der Waals surface area (Å²) in [7, 11) is -0.874. The molecule has 1 aliphatic heterocycles. The molecule has 0 saturated heterocycles. The van der Waals surface area contributed by atoms with Gasteiger partial charge in [-0.15, -0.1) is 0 Å². The first-order chi connectivity index (χ1) is 19.8. The van der Waals surface area contributed by atoms with Crippen molar-refractivity contribution in [3.63, 3.8) is 0 Å². The summed E-state index contributed by atoms with van der Waals surface area (Å²) in [6.45, 7) is 2.27. The van der Waals surface area contributed by atoms with Crippen molar-refractivity contribution in [3.8, 4) is 22.4 Å². The molecule has 0 radical (unpaired) electrons. The molecule has 188 valence electrons. The molecule has 4 heterocycles. The zero-order chi connectivity index (χ0) is 26.4. The lowest BCUT2D eigenvalue weighted by molar-refractivity contribution is -0.591. The highest BCUT2D eigenvalue weighted by Gasteiger charge is 2.61. The second kappa shape index (κ2) is 8.01. The van der Waals surface area contributed by atoms with Crippen molar-refractivity contribution in [2.45, 2.75) is 18.8 Å². The third-order valence-corrected chi connectivity index (χ3v) is 11.5. The maximum Gasteiger partial charge on any atom is 0.448 e. The SMILES string of the molecule is CCc1ccccc1-c1cccc2[n+]1-p1c3ccccc3c3cccc([n+]31)C21c2ccccc2-c2ccccc21. The van der Waals surface area contributed by atoms with Crippen molar-refractivity contribution in [1.82, 2.24) is 0 Å². The van der Waals surface area contributed by atoms with Crippen molar-refractivity contribution in [2.24, 2.45) is 0 Å². The van der Waals surface area contributed by atoms with Crippen LogP contribution in [0, 0.1) is 0 Å². The Labute approximate surface area is 234 Å². The van der Waals surface area contributed by atoms with E-state index in [1.165, 1.54) is 66.5 Å². The fourth-order valence-electron chi connectivity index (χ4n) is 7.55. The van der Waals surface area contributed by atoms with Gasteiger partial charge < -0.3 is 0 Å². The van der Waals surface area contributed by atoms with Gasteiger partial charge in [-0.3, -0.25) is 0 Å². The highest BCUT2D eigenvalue weighted by Crippen LogP contribution is 2.57. The molecule has 1 spiro atoms. The molecule has 1 unspecified atom stereocenters. The summed E-state index contributed by atoms with van der Waals surface area (Å²) in [5, 5.41) is 2.77. The normalized spacial score (nSPS) is 14.4. The van der Waals surface area contributed by atoms with Gasteiger partial charge in [0.05, 0.1) is 10.9 Å². The van der Waals surface area contributed by atoms with Crippen LogP contribution in [0.25, 0.3) is 38.4 Å². The number of hydrogen-bond donors (Lipinski definition) is 0. The highest BCUT2D eigenvalue weighted by molar-refractivity contribution is 7.42. The van der Waals surface area contributed by atoms with Crippen molar-refractivity contribution < 1.29 is 8.50 Å². The van der Waals surface area contributed by atoms with Crippen LogP contribution in [0.3, 0.4) is 0 Å². The predicted molar refractivity (Wildman–Crippen MR) is 163 cm³/mol. The monoisotopic (exact) mass is 530 g/mol. The van der Waals surface area contributed by atoms with Crippen LogP contribution in [0.1, 0.15) is 35.0 Å². The van der Waals surface area contributed by atoms with Crippen molar-refractivity contribution in [3.05, 3.63) is 162 Å². The van der Waals surface area contributed by atoms with Gasteiger partial charge in [0.2, 0.25) is 22.6 Å². The average Bonchev–Trinajstić information content (AvgIpc) is 3.52. The molecule has 0 N–H and O–H groups in total. The topological polar surface area (TPSA) is 7.98 Å². The number of benzene rings is 4. The van der Waals surface area contributed by atoms with E-state index in [-0.39, 0.29) is 0 Å². The molecule has 9 rings (SSSR count). The fraction of sp³-hybridized carbons (Fsp3) is 0.0811. The van der Waals surface area contributed by atoms with Crippen molar-refractivity contribution in [1.29, 1.82) is 0 Å². The fourth-order valence-corrected chi connectivity index (χ4v) is 10.4. The van der Waals surface area contributed by atoms with E-state index in [4.69, 9.17) is 0 Å². The van der Waals surface area contributed by atoms with Gasteiger partial charge in [-0.2, -0.15) is 0 Å². The second-order valence-corrected chi connectivity index (χ2v) is 12.7. The van der Waals surface area contributed by atoms with Gasteiger partial charge in [-0.05, 0) is 64.6 Å². The number of fused-ring (bicyclic) bond motifs is 12. The molecule has 3 aromatic heterocycles. The van der Waals surface area contributed by atoms with Crippen molar-refractivity contribution >= 4 is 23.9 Å². The molecule has 3 heteroatoms. The Bertz CT molecular complexity index is 2120. The Hall–Kier alpha value is -4.52. The Morgan fingerprint density at radius 3 is 1.98 bits per heavy atom. The molecule has 1 aliphatic carbocycles. The van der Waals surface area contributed by atoms with Gasteiger partial charge in [0.15, 0.2) is 5.41 Å². The molecule has 0 bridgehead atoms. The summed E-state index contributed by atoms with van der Waals surface area (Å²) >= 11 is 0. The number of hydrogen-bond acceptors (Lipinski definition) is 0. The first-order valence-electron chi connectivity index (χ1n) is 14.1. The van der Waals surface area contributed by atoms with E-state index >= 15 is 0 Å². The highest BCUT2D eigenvalue weighted by atomic mass is 31.1. The number of aryl methyl sites for hydroxylation is 1. The summed E-state index contributed by atoms with van der Waals surface area (Å²) < 4.78 is 5.43. The van der Waals surface area contributed by atoms with E-state index in [1.54, 1.807) is 0 Å². The van der Waals surface area contributed by atoms with Gasteiger partial charge in [-0.25, -0.2) is 0 Å².